The number of nitrogens with two attached hydrogens (primary N) is 1. The quantitative estimate of drug-likeness (QED) is 0.785. The van der Waals surface area contributed by atoms with Gasteiger partial charge >= 0.3 is 0 Å². The predicted octanol–water partition coefficient (Wildman–Crippen LogP) is 2.13. The molecule has 3 aromatic rings. The molecule has 1 aromatic heterocycles. The zero-order chi connectivity index (χ0) is 18.3. The molecule has 6 nitrogen and oxygen atoms in total. The summed E-state index contributed by atoms with van der Waals surface area (Å²) in [5.74, 6) is -1.43. The van der Waals surface area contributed by atoms with Gasteiger partial charge in [0, 0.05) is 10.9 Å². The molecule has 2 heterocycles. The van der Waals surface area contributed by atoms with Crippen LogP contribution in [0.3, 0.4) is 0 Å². The topological polar surface area (TPSA) is 80.7 Å². The van der Waals surface area contributed by atoms with Gasteiger partial charge in [-0.3, -0.25) is 9.59 Å². The molecule has 2 amide bonds. The van der Waals surface area contributed by atoms with Crippen molar-refractivity contribution >= 4 is 28.4 Å². The fraction of sp³-hybridized carbons (Fsp3) is 0.105. The van der Waals surface area contributed by atoms with Gasteiger partial charge in [0.15, 0.2) is 0 Å². The van der Waals surface area contributed by atoms with Gasteiger partial charge in [0.2, 0.25) is 5.91 Å². The third-order valence-electron chi connectivity index (χ3n) is 4.30. The first-order valence-electron chi connectivity index (χ1n) is 8.05. The number of benzene rings is 2. The number of carbonyl (C=O) groups excluding carboxylic acids is 2. The minimum absolute atomic E-state index is 0.315. The summed E-state index contributed by atoms with van der Waals surface area (Å²) >= 11 is 0. The van der Waals surface area contributed by atoms with Gasteiger partial charge in [-0.05, 0) is 29.8 Å². The van der Waals surface area contributed by atoms with Crippen LogP contribution in [0.1, 0.15) is 16.1 Å². The van der Waals surface area contributed by atoms with Crippen LogP contribution in [-0.4, -0.2) is 33.6 Å². The number of halogens is 1. The van der Waals surface area contributed by atoms with Crippen molar-refractivity contribution in [1.29, 1.82) is 0 Å². The van der Waals surface area contributed by atoms with Crippen molar-refractivity contribution in [3.8, 4) is 0 Å². The summed E-state index contributed by atoms with van der Waals surface area (Å²) in [6, 6.07) is 15.2. The second-order valence-electron chi connectivity index (χ2n) is 6.06. The molecule has 1 aliphatic rings. The van der Waals surface area contributed by atoms with Gasteiger partial charge in [-0.1, -0.05) is 30.3 Å². The molecule has 1 aliphatic heterocycles. The molecule has 26 heavy (non-hydrogen) atoms. The van der Waals surface area contributed by atoms with E-state index in [-0.39, 0.29) is 12.4 Å². The molecular weight excluding hydrogens is 335 g/mol. The van der Waals surface area contributed by atoms with Crippen LogP contribution in [0.2, 0.25) is 0 Å². The Morgan fingerprint density at radius 1 is 1.15 bits per heavy atom. The van der Waals surface area contributed by atoms with E-state index >= 15 is 0 Å². The fourth-order valence-electron chi connectivity index (χ4n) is 3.11. The largest absolute Gasteiger partial charge is 0.368 e. The number of hydrogen-bond acceptors (Lipinski definition) is 3. The number of hydrazone groups is 1. The Bertz CT molecular complexity index is 1050. The monoisotopic (exact) mass is 350 g/mol. The Morgan fingerprint density at radius 3 is 2.62 bits per heavy atom. The van der Waals surface area contributed by atoms with E-state index in [1.165, 1.54) is 12.1 Å². The van der Waals surface area contributed by atoms with Crippen LogP contribution in [0.5, 0.6) is 0 Å². The molecule has 7 heteroatoms. The van der Waals surface area contributed by atoms with Crippen molar-refractivity contribution in [1.82, 2.24) is 9.58 Å². The molecule has 0 atom stereocenters. The Hall–Kier alpha value is -3.48. The van der Waals surface area contributed by atoms with Crippen LogP contribution in [0.15, 0.2) is 59.7 Å². The molecule has 0 radical (unpaired) electrons. The Kier molecular flexibility index (Phi) is 3.76. The lowest BCUT2D eigenvalue weighted by Crippen LogP contribution is -2.35. The SMILES string of the molecule is NC(=O)CN1N=C(c2ccc(F)cc2)Cn2c(cc3ccccc32)C1=O. The van der Waals surface area contributed by atoms with Gasteiger partial charge in [-0.15, -0.1) is 0 Å². The van der Waals surface area contributed by atoms with Gasteiger partial charge in [-0.25, -0.2) is 9.40 Å². The molecule has 0 saturated heterocycles. The Balaban J connectivity index is 1.89. The van der Waals surface area contributed by atoms with Crippen LogP contribution in [-0.2, 0) is 11.3 Å². The van der Waals surface area contributed by atoms with Crippen LogP contribution in [0, 0.1) is 5.82 Å². The minimum atomic E-state index is -0.662. The van der Waals surface area contributed by atoms with Crippen molar-refractivity contribution in [2.75, 3.05) is 6.54 Å². The summed E-state index contributed by atoms with van der Waals surface area (Å²) in [6.07, 6.45) is 0. The number of hydrogen-bond donors (Lipinski definition) is 1. The summed E-state index contributed by atoms with van der Waals surface area (Å²) in [5, 5.41) is 6.33. The van der Waals surface area contributed by atoms with Crippen molar-refractivity contribution < 1.29 is 14.0 Å². The number of para-hydroxylation sites is 1. The van der Waals surface area contributed by atoms with Crippen LogP contribution in [0.25, 0.3) is 10.9 Å². The molecular formula is C19H15FN4O2. The zero-order valence-corrected chi connectivity index (χ0v) is 13.7. The van der Waals surface area contributed by atoms with Crippen molar-refractivity contribution in [3.05, 3.63) is 71.7 Å². The molecule has 0 fully saturated rings. The second-order valence-corrected chi connectivity index (χ2v) is 6.06. The smallest absolute Gasteiger partial charge is 0.291 e. The van der Waals surface area contributed by atoms with Gasteiger partial charge in [0.05, 0.1) is 12.3 Å². The summed E-state index contributed by atoms with van der Waals surface area (Å²) < 4.78 is 15.1. The molecule has 0 bridgehead atoms. The third kappa shape index (κ3) is 2.73. The average Bonchev–Trinajstić information content (AvgIpc) is 2.92. The van der Waals surface area contributed by atoms with E-state index in [0.717, 1.165) is 15.9 Å². The third-order valence-corrected chi connectivity index (χ3v) is 4.30. The normalized spacial score (nSPS) is 14.1. The van der Waals surface area contributed by atoms with Crippen LogP contribution >= 0.6 is 0 Å². The standard InChI is InChI=1S/C19H15FN4O2/c20-14-7-5-12(6-8-14)15-10-23-16-4-2-1-3-13(16)9-17(23)19(26)24(22-15)11-18(21)25/h1-9H,10-11H2,(H2,21,25). The molecule has 2 aromatic carbocycles. The summed E-state index contributed by atoms with van der Waals surface area (Å²) in [5.41, 5.74) is 7.79. The van der Waals surface area contributed by atoms with E-state index in [0.29, 0.717) is 23.5 Å². The van der Waals surface area contributed by atoms with E-state index in [1.807, 2.05) is 28.8 Å². The highest BCUT2D eigenvalue weighted by molar-refractivity contribution is 6.07. The van der Waals surface area contributed by atoms with E-state index < -0.39 is 11.8 Å². The molecule has 4 rings (SSSR count). The van der Waals surface area contributed by atoms with Gasteiger partial charge in [0.25, 0.3) is 5.91 Å². The summed E-state index contributed by atoms with van der Waals surface area (Å²) in [4.78, 5) is 24.3. The Morgan fingerprint density at radius 2 is 1.88 bits per heavy atom. The first-order valence-corrected chi connectivity index (χ1v) is 8.05. The van der Waals surface area contributed by atoms with Crippen molar-refractivity contribution in [3.63, 3.8) is 0 Å². The predicted molar refractivity (Wildman–Crippen MR) is 95.1 cm³/mol. The van der Waals surface area contributed by atoms with Crippen LogP contribution < -0.4 is 5.73 Å². The first-order chi connectivity index (χ1) is 12.5. The highest BCUT2D eigenvalue weighted by Gasteiger charge is 2.27. The van der Waals surface area contributed by atoms with E-state index in [1.54, 1.807) is 18.2 Å². The van der Waals surface area contributed by atoms with Crippen molar-refractivity contribution in [2.24, 2.45) is 10.8 Å². The average molecular weight is 350 g/mol. The highest BCUT2D eigenvalue weighted by atomic mass is 19.1. The van der Waals surface area contributed by atoms with Gasteiger partial charge < -0.3 is 10.3 Å². The van der Waals surface area contributed by atoms with Gasteiger partial charge in [-0.2, -0.15) is 5.10 Å². The Labute approximate surface area is 148 Å². The van der Waals surface area contributed by atoms with Crippen LogP contribution in [0.4, 0.5) is 4.39 Å². The number of carbonyl (C=O) groups is 2. The van der Waals surface area contributed by atoms with Crippen molar-refractivity contribution in [2.45, 2.75) is 6.54 Å². The zero-order valence-electron chi connectivity index (χ0n) is 13.7. The number of primary amides is 1. The lowest BCUT2D eigenvalue weighted by atomic mass is 10.1. The molecule has 0 saturated carbocycles. The molecule has 0 aliphatic carbocycles. The molecule has 0 unspecified atom stereocenters. The maximum absolute atomic E-state index is 13.3. The number of amides is 2. The van der Waals surface area contributed by atoms with E-state index in [9.17, 15) is 14.0 Å². The summed E-state index contributed by atoms with van der Waals surface area (Å²) in [7, 11) is 0. The first kappa shape index (κ1) is 16.0. The molecule has 130 valence electrons. The van der Waals surface area contributed by atoms with E-state index in [4.69, 9.17) is 5.73 Å². The lowest BCUT2D eigenvalue weighted by Gasteiger charge is -2.14. The fourth-order valence-corrected chi connectivity index (χ4v) is 3.11. The number of nitrogens with zero attached hydrogens (tertiary/aromatic N) is 3. The maximum atomic E-state index is 13.3. The highest BCUT2D eigenvalue weighted by Crippen LogP contribution is 2.24. The molecule has 0 spiro atoms. The molecule has 2 N–H and O–H groups in total. The number of aromatic nitrogens is 1. The lowest BCUT2D eigenvalue weighted by molar-refractivity contribution is -0.118. The van der Waals surface area contributed by atoms with E-state index in [2.05, 4.69) is 5.10 Å². The number of fused-ring (bicyclic) bond motifs is 3. The summed E-state index contributed by atoms with van der Waals surface area (Å²) in [6.45, 7) is -0.0134. The minimum Gasteiger partial charge on any atom is -0.368 e. The number of rotatable bonds is 3. The second kappa shape index (κ2) is 6.11. The maximum Gasteiger partial charge on any atom is 0.291 e. The van der Waals surface area contributed by atoms with Gasteiger partial charge in [0.1, 0.15) is 18.1 Å².